The van der Waals surface area contributed by atoms with Crippen molar-refractivity contribution in [1.82, 2.24) is 0 Å². The number of hydrogen-bond acceptors (Lipinski definition) is 3. The van der Waals surface area contributed by atoms with E-state index in [1.54, 1.807) is 24.3 Å². The molecule has 0 saturated carbocycles. The Hall–Kier alpha value is -2.62. The van der Waals surface area contributed by atoms with Crippen LogP contribution in [0.2, 0.25) is 0 Å². The number of anilines is 1. The van der Waals surface area contributed by atoms with Gasteiger partial charge in [-0.2, -0.15) is 0 Å². The molecule has 124 valence electrons. The number of benzene rings is 2. The third kappa shape index (κ3) is 3.18. The number of ether oxygens (including phenoxy) is 1. The number of nitrogens with zero attached hydrogens (tertiary/aromatic N) is 1. The molecule has 0 unspecified atom stereocenters. The SMILES string of the molecule is COC(=O)c1ccc(C2=C(F)CN(c3ccccc3C)CC2)cc1. The van der Waals surface area contributed by atoms with Crippen molar-refractivity contribution in [2.45, 2.75) is 13.3 Å². The normalized spacial score (nSPS) is 14.7. The summed E-state index contributed by atoms with van der Waals surface area (Å²) in [6.45, 7) is 3.09. The van der Waals surface area contributed by atoms with E-state index < -0.39 is 0 Å². The van der Waals surface area contributed by atoms with Gasteiger partial charge in [0.2, 0.25) is 0 Å². The Morgan fingerprint density at radius 2 is 1.83 bits per heavy atom. The van der Waals surface area contributed by atoms with Crippen molar-refractivity contribution < 1.29 is 13.9 Å². The number of aryl methyl sites for hydroxylation is 1. The molecule has 2 aromatic carbocycles. The number of esters is 1. The second kappa shape index (κ2) is 6.87. The number of hydrogen-bond donors (Lipinski definition) is 0. The quantitative estimate of drug-likeness (QED) is 0.785. The summed E-state index contributed by atoms with van der Waals surface area (Å²) in [5, 5.41) is 0. The van der Waals surface area contributed by atoms with Crippen molar-refractivity contribution in [2.75, 3.05) is 25.1 Å². The van der Waals surface area contributed by atoms with Gasteiger partial charge in [-0.25, -0.2) is 9.18 Å². The zero-order valence-corrected chi connectivity index (χ0v) is 13.9. The molecule has 0 aromatic heterocycles. The lowest BCUT2D eigenvalue weighted by molar-refractivity contribution is 0.0600. The van der Waals surface area contributed by atoms with Gasteiger partial charge in [0.25, 0.3) is 0 Å². The van der Waals surface area contributed by atoms with Crippen molar-refractivity contribution in [3.05, 3.63) is 71.0 Å². The highest BCUT2D eigenvalue weighted by molar-refractivity contribution is 5.89. The van der Waals surface area contributed by atoms with E-state index in [1.807, 2.05) is 31.2 Å². The van der Waals surface area contributed by atoms with E-state index >= 15 is 0 Å². The predicted molar refractivity (Wildman–Crippen MR) is 93.8 cm³/mol. The van der Waals surface area contributed by atoms with Crippen molar-refractivity contribution in [1.29, 1.82) is 0 Å². The summed E-state index contributed by atoms with van der Waals surface area (Å²) in [5.41, 5.74) is 4.24. The molecule has 3 nitrogen and oxygen atoms in total. The van der Waals surface area contributed by atoms with Gasteiger partial charge in [0.05, 0.1) is 19.2 Å². The van der Waals surface area contributed by atoms with Crippen molar-refractivity contribution >= 4 is 17.2 Å². The molecule has 3 rings (SSSR count). The van der Waals surface area contributed by atoms with E-state index in [0.29, 0.717) is 12.0 Å². The summed E-state index contributed by atoms with van der Waals surface area (Å²) in [4.78, 5) is 13.5. The maximum Gasteiger partial charge on any atom is 0.337 e. The summed E-state index contributed by atoms with van der Waals surface area (Å²) >= 11 is 0. The van der Waals surface area contributed by atoms with Gasteiger partial charge in [-0.15, -0.1) is 0 Å². The fourth-order valence-electron chi connectivity index (χ4n) is 3.07. The first-order chi connectivity index (χ1) is 11.6. The topological polar surface area (TPSA) is 29.5 Å². The van der Waals surface area contributed by atoms with Crippen LogP contribution in [0.1, 0.15) is 27.9 Å². The first-order valence-corrected chi connectivity index (χ1v) is 7.97. The second-order valence-electron chi connectivity index (χ2n) is 5.91. The summed E-state index contributed by atoms with van der Waals surface area (Å²) < 4.78 is 19.4. The van der Waals surface area contributed by atoms with Crippen molar-refractivity contribution in [2.24, 2.45) is 0 Å². The molecule has 0 spiro atoms. The third-order valence-corrected chi connectivity index (χ3v) is 4.40. The maximum absolute atomic E-state index is 14.7. The highest BCUT2D eigenvalue weighted by Gasteiger charge is 2.21. The van der Waals surface area contributed by atoms with E-state index in [-0.39, 0.29) is 18.3 Å². The van der Waals surface area contributed by atoms with E-state index in [0.717, 1.165) is 28.9 Å². The van der Waals surface area contributed by atoms with Crippen molar-refractivity contribution in [3.8, 4) is 0 Å². The molecular weight excluding hydrogens is 305 g/mol. The lowest BCUT2D eigenvalue weighted by Crippen LogP contribution is -2.30. The molecular formula is C20H20FNO2. The number of halogens is 1. The zero-order valence-electron chi connectivity index (χ0n) is 13.9. The molecule has 0 atom stereocenters. The van der Waals surface area contributed by atoms with Gasteiger partial charge < -0.3 is 9.64 Å². The Bertz CT molecular complexity index is 780. The maximum atomic E-state index is 14.7. The number of carbonyl (C=O) groups is 1. The number of carbonyl (C=O) groups excluding carboxylic acids is 1. The molecule has 0 radical (unpaired) electrons. The van der Waals surface area contributed by atoms with Crippen LogP contribution in [-0.4, -0.2) is 26.2 Å². The highest BCUT2D eigenvalue weighted by Crippen LogP contribution is 2.32. The molecule has 24 heavy (non-hydrogen) atoms. The summed E-state index contributed by atoms with van der Waals surface area (Å²) in [5.74, 6) is -0.499. The lowest BCUT2D eigenvalue weighted by Gasteiger charge is -2.31. The van der Waals surface area contributed by atoms with Crippen LogP contribution in [0, 0.1) is 6.92 Å². The Morgan fingerprint density at radius 1 is 1.12 bits per heavy atom. The molecule has 0 bridgehead atoms. The minimum Gasteiger partial charge on any atom is -0.465 e. The number of methoxy groups -OCH3 is 1. The van der Waals surface area contributed by atoms with E-state index in [1.165, 1.54) is 7.11 Å². The minimum atomic E-state index is -0.384. The molecule has 0 aliphatic carbocycles. The Kier molecular flexibility index (Phi) is 4.65. The van der Waals surface area contributed by atoms with Crippen LogP contribution in [0.4, 0.5) is 10.1 Å². The smallest absolute Gasteiger partial charge is 0.337 e. The monoisotopic (exact) mass is 325 g/mol. The average Bonchev–Trinajstić information content (AvgIpc) is 2.61. The summed E-state index contributed by atoms with van der Waals surface area (Å²) in [7, 11) is 1.35. The summed E-state index contributed by atoms with van der Waals surface area (Å²) in [6.07, 6.45) is 0.637. The largest absolute Gasteiger partial charge is 0.465 e. The molecule has 4 heteroatoms. The van der Waals surface area contributed by atoms with Crippen LogP contribution in [0.3, 0.4) is 0 Å². The van der Waals surface area contributed by atoms with Gasteiger partial charge in [-0.05, 0) is 48.2 Å². The van der Waals surface area contributed by atoms with Gasteiger partial charge in [0, 0.05) is 12.2 Å². The lowest BCUT2D eigenvalue weighted by atomic mass is 9.97. The van der Waals surface area contributed by atoms with E-state index in [4.69, 9.17) is 0 Å². The minimum absolute atomic E-state index is 0.115. The Balaban J connectivity index is 1.82. The van der Waals surface area contributed by atoms with E-state index in [9.17, 15) is 9.18 Å². The molecule has 1 heterocycles. The second-order valence-corrected chi connectivity index (χ2v) is 5.91. The Labute approximate surface area is 141 Å². The van der Waals surface area contributed by atoms with Gasteiger partial charge in [-0.1, -0.05) is 30.3 Å². The fraction of sp³-hybridized carbons (Fsp3) is 0.250. The highest BCUT2D eigenvalue weighted by atomic mass is 19.1. The molecule has 0 fully saturated rings. The standard InChI is InChI=1S/C20H20FNO2/c1-14-5-3-4-6-19(14)22-12-11-17(18(21)13-22)15-7-9-16(10-8-15)20(23)24-2/h3-10H,11-13H2,1-2H3. The van der Waals surface area contributed by atoms with Crippen LogP contribution in [-0.2, 0) is 4.74 Å². The molecule has 0 N–H and O–H groups in total. The Morgan fingerprint density at radius 3 is 2.46 bits per heavy atom. The molecule has 1 aliphatic heterocycles. The van der Waals surface area contributed by atoms with Crippen LogP contribution >= 0.6 is 0 Å². The first-order valence-electron chi connectivity index (χ1n) is 7.97. The molecule has 0 amide bonds. The fourth-order valence-corrected chi connectivity index (χ4v) is 3.07. The zero-order chi connectivity index (χ0) is 17.1. The van der Waals surface area contributed by atoms with E-state index in [2.05, 4.69) is 9.64 Å². The van der Waals surface area contributed by atoms with Crippen LogP contribution in [0.25, 0.3) is 5.57 Å². The summed E-state index contributed by atoms with van der Waals surface area (Å²) in [6, 6.07) is 14.9. The van der Waals surface area contributed by atoms with Gasteiger partial charge in [0.1, 0.15) is 5.83 Å². The van der Waals surface area contributed by atoms with Crippen LogP contribution in [0.15, 0.2) is 54.4 Å². The van der Waals surface area contributed by atoms with Crippen molar-refractivity contribution in [3.63, 3.8) is 0 Å². The van der Waals surface area contributed by atoms with Crippen LogP contribution < -0.4 is 4.90 Å². The predicted octanol–water partition coefficient (Wildman–Crippen LogP) is 4.37. The number of rotatable bonds is 3. The van der Waals surface area contributed by atoms with Gasteiger partial charge >= 0.3 is 5.97 Å². The molecule has 1 aliphatic rings. The molecule has 2 aromatic rings. The first kappa shape index (κ1) is 16.2. The molecule has 0 saturated heterocycles. The average molecular weight is 325 g/mol. The third-order valence-electron chi connectivity index (χ3n) is 4.40. The van der Waals surface area contributed by atoms with Crippen LogP contribution in [0.5, 0.6) is 0 Å². The number of para-hydroxylation sites is 1. The van der Waals surface area contributed by atoms with Gasteiger partial charge in [0.15, 0.2) is 0 Å². The van der Waals surface area contributed by atoms with Gasteiger partial charge in [-0.3, -0.25) is 0 Å².